The van der Waals surface area contributed by atoms with Crippen molar-refractivity contribution in [1.29, 1.82) is 5.26 Å². The molecule has 21 heavy (non-hydrogen) atoms. The van der Waals surface area contributed by atoms with Gasteiger partial charge in [0.15, 0.2) is 12.4 Å². The highest BCUT2D eigenvalue weighted by molar-refractivity contribution is 5.99. The lowest BCUT2D eigenvalue weighted by atomic mass is 10.1. The highest BCUT2D eigenvalue weighted by Gasteiger charge is 2.12. The van der Waals surface area contributed by atoms with Crippen LogP contribution in [-0.4, -0.2) is 18.4 Å². The molecule has 0 aliphatic carbocycles. The van der Waals surface area contributed by atoms with Crippen LogP contribution in [0.15, 0.2) is 48.5 Å². The summed E-state index contributed by atoms with van der Waals surface area (Å²) in [5, 5.41) is 8.74. The Labute approximate surface area is 120 Å². The van der Waals surface area contributed by atoms with E-state index in [4.69, 9.17) is 10.00 Å². The second-order valence-electron chi connectivity index (χ2n) is 4.20. The lowest BCUT2D eigenvalue weighted by Gasteiger charge is -2.04. The van der Waals surface area contributed by atoms with Crippen LogP contribution in [0, 0.1) is 17.1 Å². The summed E-state index contributed by atoms with van der Waals surface area (Å²) in [6, 6.07) is 13.0. The van der Waals surface area contributed by atoms with Crippen molar-refractivity contribution < 1.29 is 18.7 Å². The fourth-order valence-corrected chi connectivity index (χ4v) is 1.68. The minimum atomic E-state index is -0.711. The maximum Gasteiger partial charge on any atom is 0.338 e. The Morgan fingerprint density at radius 1 is 1.10 bits per heavy atom. The predicted octanol–water partition coefficient (Wildman–Crippen LogP) is 2.74. The molecule has 0 aromatic heterocycles. The standard InChI is InChI=1S/C16H10FNO3/c17-14-6-2-4-12(8-14)15(19)10-21-16(20)13-5-1-3-11(7-13)9-18/h1-8H,10H2. The number of nitrogens with zero attached hydrogens (tertiary/aromatic N) is 1. The summed E-state index contributed by atoms with van der Waals surface area (Å²) >= 11 is 0. The molecule has 0 bridgehead atoms. The van der Waals surface area contributed by atoms with E-state index < -0.39 is 24.2 Å². The van der Waals surface area contributed by atoms with E-state index in [-0.39, 0.29) is 11.1 Å². The zero-order valence-electron chi connectivity index (χ0n) is 10.9. The first-order valence-corrected chi connectivity index (χ1v) is 6.06. The molecule has 0 spiro atoms. The van der Waals surface area contributed by atoms with Crippen LogP contribution >= 0.6 is 0 Å². The number of rotatable bonds is 4. The molecule has 0 amide bonds. The first-order chi connectivity index (χ1) is 10.1. The van der Waals surface area contributed by atoms with Crippen molar-refractivity contribution in [1.82, 2.24) is 0 Å². The molecule has 0 unspecified atom stereocenters. The molecule has 2 aromatic carbocycles. The van der Waals surface area contributed by atoms with Gasteiger partial charge in [-0.05, 0) is 30.3 Å². The monoisotopic (exact) mass is 283 g/mol. The molecule has 0 saturated heterocycles. The van der Waals surface area contributed by atoms with Crippen LogP contribution in [0.3, 0.4) is 0 Å². The third kappa shape index (κ3) is 3.74. The van der Waals surface area contributed by atoms with Crippen molar-refractivity contribution in [3.05, 3.63) is 71.0 Å². The van der Waals surface area contributed by atoms with Crippen molar-refractivity contribution in [2.24, 2.45) is 0 Å². The summed E-state index contributed by atoms with van der Waals surface area (Å²) in [4.78, 5) is 23.5. The molecule has 0 saturated carbocycles. The minimum absolute atomic E-state index is 0.133. The Balaban J connectivity index is 2.01. The van der Waals surface area contributed by atoms with E-state index in [1.165, 1.54) is 30.3 Å². The summed E-state index contributed by atoms with van der Waals surface area (Å²) in [5.74, 6) is -1.75. The van der Waals surface area contributed by atoms with Gasteiger partial charge in [-0.1, -0.05) is 18.2 Å². The number of carbonyl (C=O) groups is 2. The van der Waals surface area contributed by atoms with Crippen LogP contribution in [-0.2, 0) is 4.74 Å². The molecule has 2 aromatic rings. The van der Waals surface area contributed by atoms with E-state index in [0.717, 1.165) is 6.07 Å². The van der Waals surface area contributed by atoms with Gasteiger partial charge in [-0.15, -0.1) is 0 Å². The summed E-state index contributed by atoms with van der Waals surface area (Å²) in [6.45, 7) is -0.487. The third-order valence-electron chi connectivity index (χ3n) is 2.71. The molecule has 104 valence electrons. The molecular weight excluding hydrogens is 273 g/mol. The average Bonchev–Trinajstić information content (AvgIpc) is 2.52. The SMILES string of the molecule is N#Cc1cccc(C(=O)OCC(=O)c2cccc(F)c2)c1. The zero-order chi connectivity index (χ0) is 15.2. The maximum absolute atomic E-state index is 13.0. The summed E-state index contributed by atoms with van der Waals surface area (Å²) in [6.07, 6.45) is 0. The smallest absolute Gasteiger partial charge is 0.338 e. The number of benzene rings is 2. The molecule has 0 atom stereocenters. The number of ether oxygens (including phenoxy) is 1. The highest BCUT2D eigenvalue weighted by atomic mass is 19.1. The second kappa shape index (κ2) is 6.44. The molecule has 2 rings (SSSR count). The maximum atomic E-state index is 13.0. The summed E-state index contributed by atoms with van der Waals surface area (Å²) in [7, 11) is 0. The van der Waals surface area contributed by atoms with E-state index in [9.17, 15) is 14.0 Å². The molecule has 0 heterocycles. The van der Waals surface area contributed by atoms with Gasteiger partial charge in [-0.25, -0.2) is 9.18 Å². The topological polar surface area (TPSA) is 67.2 Å². The molecule has 5 heteroatoms. The number of carbonyl (C=O) groups excluding carboxylic acids is 2. The Morgan fingerprint density at radius 3 is 2.52 bits per heavy atom. The van der Waals surface area contributed by atoms with Gasteiger partial charge in [-0.2, -0.15) is 5.26 Å². The Kier molecular flexibility index (Phi) is 4.42. The summed E-state index contributed by atoms with van der Waals surface area (Å²) < 4.78 is 17.8. The number of halogens is 1. The fraction of sp³-hybridized carbons (Fsp3) is 0.0625. The highest BCUT2D eigenvalue weighted by Crippen LogP contribution is 2.08. The quantitative estimate of drug-likeness (QED) is 0.639. The lowest BCUT2D eigenvalue weighted by molar-refractivity contribution is 0.0474. The number of ketones is 1. The summed E-state index contributed by atoms with van der Waals surface area (Å²) in [5.41, 5.74) is 0.635. The number of hydrogen-bond acceptors (Lipinski definition) is 4. The fourth-order valence-electron chi connectivity index (χ4n) is 1.68. The van der Waals surface area contributed by atoms with Crippen molar-refractivity contribution >= 4 is 11.8 Å². The van der Waals surface area contributed by atoms with E-state index in [2.05, 4.69) is 0 Å². The molecular formula is C16H10FNO3. The van der Waals surface area contributed by atoms with Gasteiger partial charge >= 0.3 is 5.97 Å². The predicted molar refractivity (Wildman–Crippen MR) is 72.2 cm³/mol. The van der Waals surface area contributed by atoms with E-state index in [1.54, 1.807) is 12.1 Å². The normalized spacial score (nSPS) is 9.71. The largest absolute Gasteiger partial charge is 0.454 e. The Hall–Kier alpha value is -3.00. The van der Waals surface area contributed by atoms with Crippen molar-refractivity contribution in [3.63, 3.8) is 0 Å². The molecule has 0 radical (unpaired) electrons. The van der Waals surface area contributed by atoms with E-state index in [1.807, 2.05) is 6.07 Å². The number of esters is 1. The Morgan fingerprint density at radius 2 is 1.81 bits per heavy atom. The van der Waals surface area contributed by atoms with Gasteiger partial charge in [0.1, 0.15) is 5.82 Å². The van der Waals surface area contributed by atoms with Gasteiger partial charge < -0.3 is 4.74 Å². The van der Waals surface area contributed by atoms with Gasteiger partial charge in [0, 0.05) is 5.56 Å². The minimum Gasteiger partial charge on any atom is -0.454 e. The van der Waals surface area contributed by atoms with Crippen molar-refractivity contribution in [2.45, 2.75) is 0 Å². The average molecular weight is 283 g/mol. The van der Waals surface area contributed by atoms with Crippen LogP contribution in [0.2, 0.25) is 0 Å². The Bertz CT molecular complexity index is 734. The first-order valence-electron chi connectivity index (χ1n) is 6.06. The molecule has 4 nitrogen and oxygen atoms in total. The lowest BCUT2D eigenvalue weighted by Crippen LogP contribution is -2.14. The van der Waals surface area contributed by atoms with Gasteiger partial charge in [0.25, 0.3) is 0 Å². The van der Waals surface area contributed by atoms with Crippen LogP contribution in [0.1, 0.15) is 26.3 Å². The van der Waals surface area contributed by atoms with E-state index >= 15 is 0 Å². The van der Waals surface area contributed by atoms with Crippen LogP contribution in [0.25, 0.3) is 0 Å². The van der Waals surface area contributed by atoms with E-state index in [0.29, 0.717) is 5.56 Å². The van der Waals surface area contributed by atoms with Crippen LogP contribution in [0.5, 0.6) is 0 Å². The zero-order valence-corrected chi connectivity index (χ0v) is 10.9. The van der Waals surface area contributed by atoms with Gasteiger partial charge in [-0.3, -0.25) is 4.79 Å². The van der Waals surface area contributed by atoms with Crippen molar-refractivity contribution in [3.8, 4) is 6.07 Å². The molecule has 0 fully saturated rings. The van der Waals surface area contributed by atoms with Gasteiger partial charge in [0.2, 0.25) is 0 Å². The first kappa shape index (κ1) is 14.4. The molecule has 0 aliphatic rings. The third-order valence-corrected chi connectivity index (χ3v) is 2.71. The number of Topliss-reactive ketones (excluding diaryl/α,β-unsaturated/α-hetero) is 1. The van der Waals surface area contributed by atoms with Crippen LogP contribution in [0.4, 0.5) is 4.39 Å². The molecule has 0 N–H and O–H groups in total. The number of hydrogen-bond donors (Lipinski definition) is 0. The van der Waals surface area contributed by atoms with Crippen molar-refractivity contribution in [2.75, 3.05) is 6.61 Å². The van der Waals surface area contributed by atoms with Gasteiger partial charge in [0.05, 0.1) is 17.2 Å². The van der Waals surface area contributed by atoms with Crippen LogP contribution < -0.4 is 0 Å². The number of nitriles is 1. The second-order valence-corrected chi connectivity index (χ2v) is 4.20. The molecule has 0 aliphatic heterocycles.